The van der Waals surface area contributed by atoms with Gasteiger partial charge in [-0.05, 0) is 92.6 Å². The second-order valence-electron chi connectivity index (χ2n) is 9.73. The van der Waals surface area contributed by atoms with Crippen molar-refractivity contribution in [2.75, 3.05) is 23.0 Å². The van der Waals surface area contributed by atoms with E-state index in [1.54, 1.807) is 19.4 Å². The van der Waals surface area contributed by atoms with Crippen molar-refractivity contribution in [3.05, 3.63) is 101 Å². The molecule has 5 rings (SSSR count). The Morgan fingerprint density at radius 1 is 1.00 bits per heavy atom. The Balaban J connectivity index is 1.65. The molecule has 2 N–H and O–H groups in total. The number of hydrogen-bond acceptors (Lipinski definition) is 5. The molecule has 0 spiro atoms. The third-order valence-electron chi connectivity index (χ3n) is 6.98. The molecule has 0 amide bonds. The van der Waals surface area contributed by atoms with Crippen molar-refractivity contribution in [3.63, 3.8) is 0 Å². The average Bonchev–Trinajstić information content (AvgIpc) is 3.40. The van der Waals surface area contributed by atoms with Crippen LogP contribution in [0, 0.1) is 20.8 Å². The first-order valence-electron chi connectivity index (χ1n) is 12.5. The highest BCUT2D eigenvalue weighted by Crippen LogP contribution is 2.44. The van der Waals surface area contributed by atoms with Gasteiger partial charge in [0, 0.05) is 35.0 Å². The third-order valence-corrected chi connectivity index (χ3v) is 7.89. The van der Waals surface area contributed by atoms with E-state index < -0.39 is 10.0 Å². The van der Waals surface area contributed by atoms with Gasteiger partial charge in [-0.25, -0.2) is 8.42 Å². The summed E-state index contributed by atoms with van der Waals surface area (Å²) >= 11 is 5.90. The highest BCUT2D eigenvalue weighted by Gasteiger charge is 2.42. The number of nitrogens with zero attached hydrogens (tertiary/aromatic N) is 3. The molecule has 1 aliphatic heterocycles. The van der Waals surface area contributed by atoms with E-state index in [4.69, 9.17) is 17.0 Å². The number of aryl methyl sites for hydroxylation is 2. The maximum Gasteiger partial charge on any atom is 0.229 e. The molecule has 1 saturated heterocycles. The number of benzene rings is 2. The number of anilines is 2. The van der Waals surface area contributed by atoms with Gasteiger partial charge in [-0.3, -0.25) is 9.71 Å². The van der Waals surface area contributed by atoms with Gasteiger partial charge in [0.05, 0.1) is 36.8 Å². The van der Waals surface area contributed by atoms with Crippen molar-refractivity contribution in [2.24, 2.45) is 0 Å². The van der Waals surface area contributed by atoms with Crippen LogP contribution in [0.4, 0.5) is 11.4 Å². The topological polar surface area (TPSA) is 88.5 Å². The lowest BCUT2D eigenvalue weighted by atomic mass is 9.96. The summed E-state index contributed by atoms with van der Waals surface area (Å²) < 4.78 is 34.0. The van der Waals surface area contributed by atoms with E-state index in [0.717, 1.165) is 51.6 Å². The molecular weight excluding hydrogens is 530 g/mol. The summed E-state index contributed by atoms with van der Waals surface area (Å²) in [6.07, 6.45) is 2.93. The Morgan fingerprint density at radius 3 is 2.46 bits per heavy atom. The van der Waals surface area contributed by atoms with E-state index in [0.29, 0.717) is 10.8 Å². The van der Waals surface area contributed by atoms with Crippen LogP contribution in [0.2, 0.25) is 0 Å². The van der Waals surface area contributed by atoms with Gasteiger partial charge in [0.15, 0.2) is 5.11 Å². The highest BCUT2D eigenvalue weighted by molar-refractivity contribution is 7.92. The zero-order valence-corrected chi connectivity index (χ0v) is 24.1. The molecule has 10 heteroatoms. The largest absolute Gasteiger partial charge is 0.497 e. The van der Waals surface area contributed by atoms with Crippen molar-refractivity contribution in [1.82, 2.24) is 14.9 Å². The maximum absolute atomic E-state index is 11.8. The Bertz CT molecular complexity index is 1650. The van der Waals surface area contributed by atoms with E-state index in [-0.39, 0.29) is 12.1 Å². The summed E-state index contributed by atoms with van der Waals surface area (Å²) in [4.78, 5) is 6.76. The van der Waals surface area contributed by atoms with Crippen LogP contribution in [0.5, 0.6) is 5.75 Å². The van der Waals surface area contributed by atoms with E-state index in [9.17, 15) is 8.42 Å². The van der Waals surface area contributed by atoms with Gasteiger partial charge >= 0.3 is 0 Å². The fraction of sp³-hybridized carbons (Fsp3) is 0.241. The van der Waals surface area contributed by atoms with Crippen molar-refractivity contribution < 1.29 is 13.2 Å². The summed E-state index contributed by atoms with van der Waals surface area (Å²) in [5.74, 6) is 0.788. The molecule has 0 saturated carbocycles. The molecule has 3 heterocycles. The minimum Gasteiger partial charge on any atom is -0.497 e. The molecule has 2 atom stereocenters. The fourth-order valence-corrected chi connectivity index (χ4v) is 6.27. The predicted octanol–water partition coefficient (Wildman–Crippen LogP) is 5.35. The summed E-state index contributed by atoms with van der Waals surface area (Å²) in [5, 5.41) is 4.08. The number of rotatable bonds is 7. The van der Waals surface area contributed by atoms with Gasteiger partial charge in [-0.2, -0.15) is 0 Å². The second-order valence-corrected chi connectivity index (χ2v) is 11.9. The highest BCUT2D eigenvalue weighted by atomic mass is 32.2. The first-order chi connectivity index (χ1) is 18.6. The molecule has 202 valence electrons. The first-order valence-corrected chi connectivity index (χ1v) is 14.8. The molecule has 1 aliphatic rings. The molecule has 0 unspecified atom stereocenters. The summed E-state index contributed by atoms with van der Waals surface area (Å²) in [5.41, 5.74) is 7.35. The number of methoxy groups -OCH3 is 1. The number of aromatic nitrogens is 2. The van der Waals surface area contributed by atoms with Gasteiger partial charge in [-0.15, -0.1) is 0 Å². The molecule has 0 bridgehead atoms. The van der Waals surface area contributed by atoms with Crippen LogP contribution in [0.1, 0.15) is 40.3 Å². The molecule has 0 aliphatic carbocycles. The van der Waals surface area contributed by atoms with Crippen molar-refractivity contribution in [2.45, 2.75) is 32.9 Å². The zero-order valence-electron chi connectivity index (χ0n) is 22.5. The molecule has 2 aromatic heterocycles. The minimum absolute atomic E-state index is 0.202. The molecule has 1 fully saturated rings. The van der Waals surface area contributed by atoms with Gasteiger partial charge in [0.1, 0.15) is 5.75 Å². The van der Waals surface area contributed by atoms with Crippen LogP contribution >= 0.6 is 12.2 Å². The van der Waals surface area contributed by atoms with E-state index in [1.165, 1.54) is 0 Å². The lowest BCUT2D eigenvalue weighted by Crippen LogP contribution is -2.29. The molecule has 39 heavy (non-hydrogen) atoms. The van der Waals surface area contributed by atoms with Crippen molar-refractivity contribution in [3.8, 4) is 11.4 Å². The lowest BCUT2D eigenvalue weighted by Gasteiger charge is -2.29. The molecule has 4 aromatic rings. The van der Waals surface area contributed by atoms with Crippen LogP contribution in [0.25, 0.3) is 5.69 Å². The monoisotopic (exact) mass is 561 g/mol. The summed E-state index contributed by atoms with van der Waals surface area (Å²) in [6.45, 7) is 6.08. The number of pyridine rings is 1. The third kappa shape index (κ3) is 5.22. The number of nitrogens with one attached hydrogen (secondary N) is 2. The SMILES string of the molecule is COc1cccc(-n2c(C)cc([C@H]3[C@@H](c4ccccn4)NC(=S)N3c3ccc(NS(C)(=O)=O)c(C)c3)c2C)c1. The van der Waals surface area contributed by atoms with Crippen molar-refractivity contribution >= 4 is 38.7 Å². The first kappa shape index (κ1) is 26.7. The normalized spacial score (nSPS) is 17.3. The van der Waals surface area contributed by atoms with Gasteiger partial charge in [-0.1, -0.05) is 12.1 Å². The zero-order chi connectivity index (χ0) is 27.9. The Morgan fingerprint density at radius 2 is 1.79 bits per heavy atom. The van der Waals surface area contributed by atoms with Gasteiger partial charge in [0.25, 0.3) is 0 Å². The molecule has 0 radical (unpaired) electrons. The van der Waals surface area contributed by atoms with Gasteiger partial charge in [0.2, 0.25) is 10.0 Å². The number of thiocarbonyl (C=S) groups is 1. The number of sulfonamides is 1. The quantitative estimate of drug-likeness (QED) is 0.294. The van der Waals surface area contributed by atoms with E-state index in [1.807, 2.05) is 55.5 Å². The number of ether oxygens (including phenoxy) is 1. The van der Waals surface area contributed by atoms with E-state index >= 15 is 0 Å². The molecular formula is C29H31N5O3S2. The Kier molecular flexibility index (Phi) is 7.09. The van der Waals surface area contributed by atoms with Gasteiger partial charge < -0.3 is 19.5 Å². The average molecular weight is 562 g/mol. The van der Waals surface area contributed by atoms with Crippen LogP contribution < -0.4 is 19.7 Å². The second kappa shape index (κ2) is 10.3. The van der Waals surface area contributed by atoms with Crippen LogP contribution in [-0.4, -0.2) is 36.4 Å². The smallest absolute Gasteiger partial charge is 0.229 e. The predicted molar refractivity (Wildman–Crippen MR) is 159 cm³/mol. The van der Waals surface area contributed by atoms with Crippen LogP contribution in [0.3, 0.4) is 0 Å². The molecule has 2 aromatic carbocycles. The fourth-order valence-electron chi connectivity index (χ4n) is 5.29. The van der Waals surface area contributed by atoms with Crippen LogP contribution in [0.15, 0.2) is 72.9 Å². The standard InChI is InChI=1S/C29H31N5O3S2/c1-18-15-22(12-13-25(18)32-39(5,35)36)34-28(27(31-29(34)38)26-11-6-7-14-30-26)24-16-19(2)33(20(24)3)21-9-8-10-23(17-21)37-4/h6-17,27-28,32H,1-5H3,(H,31,38)/t27-,28+/m1/s1. The summed E-state index contributed by atoms with van der Waals surface area (Å²) in [6, 6.07) is 21.3. The Labute approximate surface area is 234 Å². The lowest BCUT2D eigenvalue weighted by molar-refractivity contribution is 0.414. The van der Waals surface area contributed by atoms with E-state index in [2.05, 4.69) is 50.5 Å². The maximum atomic E-state index is 11.8. The minimum atomic E-state index is -3.40. The number of hydrogen-bond donors (Lipinski definition) is 2. The van der Waals surface area contributed by atoms with Crippen LogP contribution in [-0.2, 0) is 10.0 Å². The Hall–Kier alpha value is -3.89. The summed E-state index contributed by atoms with van der Waals surface area (Å²) in [7, 11) is -1.74. The van der Waals surface area contributed by atoms with Crippen molar-refractivity contribution in [1.29, 1.82) is 0 Å². The molecule has 8 nitrogen and oxygen atoms in total.